The van der Waals surface area contributed by atoms with Gasteiger partial charge in [-0.3, -0.25) is 5.32 Å². The first kappa shape index (κ1) is 27.5. The molecule has 0 fully saturated rings. The number of halogens is 1. The van der Waals surface area contributed by atoms with E-state index in [4.69, 9.17) is 4.74 Å². The van der Waals surface area contributed by atoms with Crippen molar-refractivity contribution in [3.05, 3.63) is 78.5 Å². The van der Waals surface area contributed by atoms with E-state index in [2.05, 4.69) is 35.9 Å². The number of nitrogens with one attached hydrogen (secondary N) is 3. The second-order valence-corrected chi connectivity index (χ2v) is 10.2. The normalized spacial score (nSPS) is 11.4. The number of rotatable bonds is 9. The first-order chi connectivity index (χ1) is 18.6. The van der Waals surface area contributed by atoms with E-state index in [1.54, 1.807) is 47.1 Å². The van der Waals surface area contributed by atoms with Crippen LogP contribution in [0.1, 0.15) is 26.5 Å². The van der Waals surface area contributed by atoms with Crippen LogP contribution in [0.5, 0.6) is 11.6 Å². The minimum Gasteiger partial charge on any atom is -0.439 e. The molecule has 11 heteroatoms. The van der Waals surface area contributed by atoms with E-state index in [0.29, 0.717) is 34.6 Å². The van der Waals surface area contributed by atoms with Gasteiger partial charge in [0.25, 0.3) is 0 Å². The Labute approximate surface area is 227 Å². The number of ether oxygens (including phenoxy) is 1. The highest BCUT2D eigenvalue weighted by Gasteiger charge is 2.21. The summed E-state index contributed by atoms with van der Waals surface area (Å²) >= 11 is 0. The van der Waals surface area contributed by atoms with Gasteiger partial charge in [0.15, 0.2) is 0 Å². The smallest absolute Gasteiger partial charge is 0.324 e. The summed E-state index contributed by atoms with van der Waals surface area (Å²) in [5.41, 5.74) is 1.73. The van der Waals surface area contributed by atoms with Crippen LogP contribution in [0, 0.1) is 5.82 Å². The van der Waals surface area contributed by atoms with Crippen LogP contribution in [0.4, 0.5) is 26.5 Å². The minimum absolute atomic E-state index is 0.249. The van der Waals surface area contributed by atoms with Gasteiger partial charge in [0.2, 0.25) is 5.88 Å². The van der Waals surface area contributed by atoms with Crippen molar-refractivity contribution in [2.24, 2.45) is 0 Å². The number of anilines is 3. The molecule has 0 spiro atoms. The van der Waals surface area contributed by atoms with Crippen molar-refractivity contribution < 1.29 is 13.9 Å². The fraction of sp³-hybridized carbons (Fsp3) is 0.286. The highest BCUT2D eigenvalue weighted by atomic mass is 19.1. The lowest BCUT2D eigenvalue weighted by atomic mass is 9.92. The van der Waals surface area contributed by atoms with Crippen LogP contribution >= 0.6 is 0 Å². The van der Waals surface area contributed by atoms with Crippen LogP contribution in [-0.2, 0) is 5.41 Å². The fourth-order valence-corrected chi connectivity index (χ4v) is 3.52. The Bertz CT molecular complexity index is 1400. The summed E-state index contributed by atoms with van der Waals surface area (Å²) < 4.78 is 20.9. The largest absolute Gasteiger partial charge is 0.439 e. The Balaban J connectivity index is 1.40. The Morgan fingerprint density at radius 3 is 2.38 bits per heavy atom. The molecule has 4 aromatic rings. The molecule has 204 valence electrons. The van der Waals surface area contributed by atoms with E-state index < -0.39 is 6.03 Å². The van der Waals surface area contributed by atoms with Crippen LogP contribution in [0.2, 0.25) is 0 Å². The summed E-state index contributed by atoms with van der Waals surface area (Å²) in [4.78, 5) is 23.3. The van der Waals surface area contributed by atoms with Gasteiger partial charge in [-0.2, -0.15) is 5.10 Å². The minimum atomic E-state index is -0.448. The summed E-state index contributed by atoms with van der Waals surface area (Å²) in [5, 5.41) is 13.5. The molecule has 0 bridgehead atoms. The molecule has 0 aliphatic rings. The topological polar surface area (TPSA) is 109 Å². The summed E-state index contributed by atoms with van der Waals surface area (Å²) in [6.45, 7) is 7.70. The highest BCUT2D eigenvalue weighted by molar-refractivity contribution is 5.99. The maximum absolute atomic E-state index is 13.5. The van der Waals surface area contributed by atoms with Crippen LogP contribution in [0.15, 0.2) is 67.0 Å². The summed E-state index contributed by atoms with van der Waals surface area (Å²) in [6.07, 6.45) is 1.44. The lowest BCUT2D eigenvalue weighted by Gasteiger charge is -2.14. The predicted molar refractivity (Wildman–Crippen MR) is 150 cm³/mol. The molecule has 2 amide bonds. The number of hydrogen-bond donors (Lipinski definition) is 3. The number of nitrogens with zero attached hydrogens (tertiary/aromatic N) is 5. The van der Waals surface area contributed by atoms with Crippen molar-refractivity contribution in [1.29, 1.82) is 0 Å². The summed E-state index contributed by atoms with van der Waals surface area (Å²) in [5.74, 6) is 1.75. The van der Waals surface area contributed by atoms with Gasteiger partial charge in [-0.25, -0.2) is 23.8 Å². The van der Waals surface area contributed by atoms with Crippen LogP contribution in [0.3, 0.4) is 0 Å². The monoisotopic (exact) mass is 532 g/mol. The van der Waals surface area contributed by atoms with Gasteiger partial charge in [-0.15, -0.1) is 0 Å². The molecule has 0 aliphatic carbocycles. The number of benzene rings is 2. The summed E-state index contributed by atoms with van der Waals surface area (Å²) in [7, 11) is 4.01. The third-order valence-corrected chi connectivity index (χ3v) is 5.63. The first-order valence-corrected chi connectivity index (χ1v) is 12.5. The molecular formula is C28H33FN8O2. The molecule has 2 aromatic carbocycles. The van der Waals surface area contributed by atoms with E-state index in [-0.39, 0.29) is 11.2 Å². The highest BCUT2D eigenvalue weighted by Crippen LogP contribution is 2.27. The Hall–Kier alpha value is -4.51. The molecule has 0 unspecified atom stereocenters. The maximum Gasteiger partial charge on any atom is 0.324 e. The molecule has 10 nitrogen and oxygen atoms in total. The molecule has 0 saturated carbocycles. The molecule has 3 N–H and O–H groups in total. The molecule has 0 radical (unpaired) electrons. The third kappa shape index (κ3) is 7.74. The molecule has 4 rings (SSSR count). The molecule has 2 aromatic heterocycles. The molecule has 0 saturated heterocycles. The number of likely N-dealkylation sites (N-methyl/N-ethyl adjacent to an activating group) is 1. The summed E-state index contributed by atoms with van der Waals surface area (Å²) in [6, 6.07) is 15.9. The molecular weight excluding hydrogens is 499 g/mol. The van der Waals surface area contributed by atoms with Crippen molar-refractivity contribution in [2.75, 3.05) is 43.1 Å². The predicted octanol–water partition coefficient (Wildman–Crippen LogP) is 5.51. The standard InChI is InChI=1S/C28H33FN8O2/c1-28(2,3)23-16-25(37(35-23)21-10-6-19(29)7-11-21)34-27(38)33-20-8-12-22(13-9-20)39-26-17-24(31-18-32-26)30-14-15-36(4)5/h6-13,16-18H,14-15H2,1-5H3,(H,30,31,32)(H2,33,34,38). The van der Waals surface area contributed by atoms with E-state index >= 15 is 0 Å². The van der Waals surface area contributed by atoms with E-state index in [1.165, 1.54) is 18.5 Å². The second-order valence-electron chi connectivity index (χ2n) is 10.2. The Morgan fingerprint density at radius 2 is 1.72 bits per heavy atom. The van der Waals surface area contributed by atoms with Crippen LogP contribution in [0.25, 0.3) is 5.69 Å². The van der Waals surface area contributed by atoms with Crippen molar-refractivity contribution >= 4 is 23.4 Å². The average Bonchev–Trinajstić information content (AvgIpc) is 3.30. The lowest BCUT2D eigenvalue weighted by molar-refractivity contribution is 0.262. The molecule has 0 aliphatic heterocycles. The maximum atomic E-state index is 13.5. The zero-order valence-electron chi connectivity index (χ0n) is 22.7. The van der Waals surface area contributed by atoms with E-state index in [1.807, 2.05) is 40.9 Å². The average molecular weight is 533 g/mol. The quantitative estimate of drug-likeness (QED) is 0.261. The van der Waals surface area contributed by atoms with E-state index in [9.17, 15) is 9.18 Å². The molecule has 2 heterocycles. The van der Waals surface area contributed by atoms with E-state index in [0.717, 1.165) is 18.8 Å². The molecule has 39 heavy (non-hydrogen) atoms. The van der Waals surface area contributed by atoms with Gasteiger partial charge >= 0.3 is 6.03 Å². The zero-order valence-corrected chi connectivity index (χ0v) is 22.7. The Morgan fingerprint density at radius 1 is 1.00 bits per heavy atom. The van der Waals surface area contributed by atoms with Crippen LogP contribution in [-0.4, -0.2) is 57.9 Å². The van der Waals surface area contributed by atoms with Gasteiger partial charge in [0, 0.05) is 36.3 Å². The second kappa shape index (κ2) is 11.9. The van der Waals surface area contributed by atoms with Gasteiger partial charge in [-0.05, 0) is 62.6 Å². The number of aromatic nitrogens is 4. The van der Waals surface area contributed by atoms with Crippen molar-refractivity contribution in [3.63, 3.8) is 0 Å². The van der Waals surface area contributed by atoms with Crippen LogP contribution < -0.4 is 20.7 Å². The lowest BCUT2D eigenvalue weighted by Crippen LogP contribution is -2.21. The van der Waals surface area contributed by atoms with Gasteiger partial charge in [-0.1, -0.05) is 20.8 Å². The van der Waals surface area contributed by atoms with Crippen molar-refractivity contribution in [2.45, 2.75) is 26.2 Å². The number of amides is 2. The Kier molecular flexibility index (Phi) is 8.40. The number of hydrogen-bond acceptors (Lipinski definition) is 7. The fourth-order valence-electron chi connectivity index (χ4n) is 3.52. The third-order valence-electron chi connectivity index (χ3n) is 5.63. The van der Waals surface area contributed by atoms with Gasteiger partial charge in [0.05, 0.1) is 11.4 Å². The van der Waals surface area contributed by atoms with Crippen molar-refractivity contribution in [1.82, 2.24) is 24.6 Å². The number of urea groups is 1. The van der Waals surface area contributed by atoms with Gasteiger partial charge in [0.1, 0.15) is 29.5 Å². The SMILES string of the molecule is CN(C)CCNc1cc(Oc2ccc(NC(=O)Nc3cc(C(C)(C)C)nn3-c3ccc(F)cc3)cc2)ncn1. The van der Waals surface area contributed by atoms with Crippen molar-refractivity contribution in [3.8, 4) is 17.3 Å². The number of carbonyl (C=O) groups excluding carboxylic acids is 1. The molecule has 0 atom stereocenters. The number of carbonyl (C=O) groups is 1. The first-order valence-electron chi connectivity index (χ1n) is 12.5. The van der Waals surface area contributed by atoms with Gasteiger partial charge < -0.3 is 20.3 Å². The zero-order chi connectivity index (χ0) is 28.0.